The number of ether oxygens (including phenoxy) is 1. The number of aromatic nitrogens is 4. The maximum absolute atomic E-state index is 12.8. The quantitative estimate of drug-likeness (QED) is 0.552. The molecule has 0 aliphatic rings. The summed E-state index contributed by atoms with van der Waals surface area (Å²) in [6.07, 6.45) is -3.05. The molecule has 0 unspecified atom stereocenters. The molecule has 126 valence electrons. The SMILES string of the molecule is COc1ccc(-c2nc3c4ccc(C(F)(F)F)cc4ncn3n2)cc1. The zero-order valence-corrected chi connectivity index (χ0v) is 12.9. The van der Waals surface area contributed by atoms with Crippen molar-refractivity contribution in [2.75, 3.05) is 7.11 Å². The minimum absolute atomic E-state index is 0.219. The lowest BCUT2D eigenvalue weighted by molar-refractivity contribution is -0.137. The molecule has 25 heavy (non-hydrogen) atoms. The van der Waals surface area contributed by atoms with E-state index in [1.165, 1.54) is 16.9 Å². The molecule has 0 aliphatic carbocycles. The Morgan fingerprint density at radius 2 is 1.80 bits per heavy atom. The first-order valence-electron chi connectivity index (χ1n) is 7.32. The van der Waals surface area contributed by atoms with Crippen LogP contribution in [0.25, 0.3) is 27.9 Å². The van der Waals surface area contributed by atoms with Crippen LogP contribution in [-0.4, -0.2) is 26.7 Å². The molecule has 5 nitrogen and oxygen atoms in total. The first-order chi connectivity index (χ1) is 12.0. The van der Waals surface area contributed by atoms with Gasteiger partial charge in [-0.1, -0.05) is 0 Å². The van der Waals surface area contributed by atoms with E-state index in [1.54, 1.807) is 19.2 Å². The Bertz CT molecular complexity index is 1070. The minimum atomic E-state index is -4.41. The summed E-state index contributed by atoms with van der Waals surface area (Å²) in [6, 6.07) is 10.6. The van der Waals surface area contributed by atoms with Crippen molar-refractivity contribution in [3.05, 3.63) is 54.4 Å². The Morgan fingerprint density at radius 1 is 1.04 bits per heavy atom. The number of alkyl halides is 3. The van der Waals surface area contributed by atoms with E-state index >= 15 is 0 Å². The average Bonchev–Trinajstić information content (AvgIpc) is 3.05. The molecule has 4 rings (SSSR count). The summed E-state index contributed by atoms with van der Waals surface area (Å²) in [4.78, 5) is 8.51. The molecule has 0 aliphatic heterocycles. The summed E-state index contributed by atoms with van der Waals surface area (Å²) in [5.41, 5.74) is 0.692. The van der Waals surface area contributed by atoms with Crippen LogP contribution in [0, 0.1) is 0 Å². The molecule has 0 amide bonds. The Morgan fingerprint density at radius 3 is 2.48 bits per heavy atom. The summed E-state index contributed by atoms with van der Waals surface area (Å²) in [6.45, 7) is 0. The second-order valence-electron chi connectivity index (χ2n) is 5.41. The van der Waals surface area contributed by atoms with Crippen molar-refractivity contribution in [2.24, 2.45) is 0 Å². The standard InChI is InChI=1S/C17H11F3N4O/c1-25-12-5-2-10(3-6-12)15-22-16-13-7-4-11(17(18,19)20)8-14(13)21-9-24(16)23-15/h2-9H,1H3. The second kappa shape index (κ2) is 5.44. The van der Waals surface area contributed by atoms with Crippen LogP contribution in [0.4, 0.5) is 13.2 Å². The Hall–Kier alpha value is -3.16. The van der Waals surface area contributed by atoms with Gasteiger partial charge in [0.2, 0.25) is 0 Å². The van der Waals surface area contributed by atoms with Gasteiger partial charge < -0.3 is 4.74 Å². The average molecular weight is 344 g/mol. The molecule has 0 bridgehead atoms. The smallest absolute Gasteiger partial charge is 0.416 e. The monoisotopic (exact) mass is 344 g/mol. The molecule has 2 heterocycles. The normalized spacial score (nSPS) is 12.0. The largest absolute Gasteiger partial charge is 0.497 e. The van der Waals surface area contributed by atoms with E-state index in [-0.39, 0.29) is 5.52 Å². The molecular formula is C17H11F3N4O. The van der Waals surface area contributed by atoms with E-state index in [2.05, 4.69) is 15.1 Å². The highest BCUT2D eigenvalue weighted by atomic mass is 19.4. The van der Waals surface area contributed by atoms with Gasteiger partial charge in [-0.3, -0.25) is 0 Å². The van der Waals surface area contributed by atoms with Crippen molar-refractivity contribution >= 4 is 16.6 Å². The third-order valence-electron chi connectivity index (χ3n) is 3.85. The molecule has 0 fully saturated rings. The number of halogens is 3. The number of benzene rings is 2. The van der Waals surface area contributed by atoms with Crippen LogP contribution in [0.2, 0.25) is 0 Å². The van der Waals surface area contributed by atoms with Crippen LogP contribution in [0.3, 0.4) is 0 Å². The molecule has 0 saturated heterocycles. The van der Waals surface area contributed by atoms with E-state index in [0.29, 0.717) is 22.6 Å². The van der Waals surface area contributed by atoms with Gasteiger partial charge in [-0.05, 0) is 42.5 Å². The van der Waals surface area contributed by atoms with Crippen LogP contribution < -0.4 is 4.74 Å². The van der Waals surface area contributed by atoms with Crippen LogP contribution in [-0.2, 0) is 6.18 Å². The van der Waals surface area contributed by atoms with Crippen LogP contribution in [0.5, 0.6) is 5.75 Å². The Balaban J connectivity index is 1.85. The topological polar surface area (TPSA) is 52.3 Å². The van der Waals surface area contributed by atoms with Crippen molar-refractivity contribution < 1.29 is 17.9 Å². The van der Waals surface area contributed by atoms with Crippen LogP contribution in [0.1, 0.15) is 5.56 Å². The van der Waals surface area contributed by atoms with E-state index < -0.39 is 11.7 Å². The summed E-state index contributed by atoms with van der Waals surface area (Å²) in [5.74, 6) is 1.16. The fourth-order valence-corrected chi connectivity index (χ4v) is 2.57. The van der Waals surface area contributed by atoms with Crippen molar-refractivity contribution in [2.45, 2.75) is 6.18 Å². The zero-order chi connectivity index (χ0) is 17.6. The number of rotatable bonds is 2. The summed E-state index contributed by atoms with van der Waals surface area (Å²) >= 11 is 0. The number of fused-ring (bicyclic) bond motifs is 3. The van der Waals surface area contributed by atoms with E-state index in [1.807, 2.05) is 12.1 Å². The predicted molar refractivity (Wildman–Crippen MR) is 85.3 cm³/mol. The van der Waals surface area contributed by atoms with Gasteiger partial charge in [0.05, 0.1) is 18.2 Å². The van der Waals surface area contributed by atoms with Gasteiger partial charge in [-0.2, -0.15) is 13.2 Å². The van der Waals surface area contributed by atoms with Crippen molar-refractivity contribution in [1.29, 1.82) is 0 Å². The van der Waals surface area contributed by atoms with Crippen molar-refractivity contribution in [3.8, 4) is 17.1 Å². The Kier molecular flexibility index (Phi) is 3.34. The van der Waals surface area contributed by atoms with Gasteiger partial charge in [0, 0.05) is 10.9 Å². The van der Waals surface area contributed by atoms with Gasteiger partial charge in [-0.25, -0.2) is 14.5 Å². The van der Waals surface area contributed by atoms with E-state index in [4.69, 9.17) is 4.74 Å². The lowest BCUT2D eigenvalue weighted by Crippen LogP contribution is -2.04. The molecule has 0 atom stereocenters. The maximum Gasteiger partial charge on any atom is 0.416 e. The highest BCUT2D eigenvalue weighted by Crippen LogP contribution is 2.32. The van der Waals surface area contributed by atoms with Gasteiger partial charge >= 0.3 is 6.18 Å². The highest BCUT2D eigenvalue weighted by Gasteiger charge is 2.30. The number of methoxy groups -OCH3 is 1. The highest BCUT2D eigenvalue weighted by molar-refractivity contribution is 5.91. The number of hydrogen-bond donors (Lipinski definition) is 0. The fourth-order valence-electron chi connectivity index (χ4n) is 2.57. The molecule has 4 aromatic rings. The fraction of sp³-hybridized carbons (Fsp3) is 0.118. The van der Waals surface area contributed by atoms with Gasteiger partial charge in [-0.15, -0.1) is 5.10 Å². The van der Waals surface area contributed by atoms with Crippen LogP contribution >= 0.6 is 0 Å². The predicted octanol–water partition coefficient (Wildman–Crippen LogP) is 3.97. The van der Waals surface area contributed by atoms with Gasteiger partial charge in [0.15, 0.2) is 11.5 Å². The van der Waals surface area contributed by atoms with Gasteiger partial charge in [0.1, 0.15) is 12.1 Å². The summed E-state index contributed by atoms with van der Waals surface area (Å²) < 4.78 is 45.1. The third kappa shape index (κ3) is 2.65. The minimum Gasteiger partial charge on any atom is -0.497 e. The van der Waals surface area contributed by atoms with E-state index in [0.717, 1.165) is 17.7 Å². The van der Waals surface area contributed by atoms with E-state index in [9.17, 15) is 13.2 Å². The molecule has 8 heteroatoms. The number of nitrogens with zero attached hydrogens (tertiary/aromatic N) is 4. The van der Waals surface area contributed by atoms with Crippen molar-refractivity contribution in [3.63, 3.8) is 0 Å². The number of hydrogen-bond acceptors (Lipinski definition) is 4. The molecule has 0 radical (unpaired) electrons. The summed E-state index contributed by atoms with van der Waals surface area (Å²) in [5, 5.41) is 4.84. The zero-order valence-electron chi connectivity index (χ0n) is 12.9. The third-order valence-corrected chi connectivity index (χ3v) is 3.85. The lowest BCUT2D eigenvalue weighted by Gasteiger charge is -2.07. The second-order valence-corrected chi connectivity index (χ2v) is 5.41. The molecule has 0 saturated carbocycles. The molecule has 0 N–H and O–H groups in total. The molecular weight excluding hydrogens is 333 g/mol. The molecule has 2 aromatic carbocycles. The maximum atomic E-state index is 12.8. The Labute approximate surface area is 139 Å². The first kappa shape index (κ1) is 15.4. The summed E-state index contributed by atoms with van der Waals surface area (Å²) in [7, 11) is 1.57. The van der Waals surface area contributed by atoms with Crippen molar-refractivity contribution in [1.82, 2.24) is 19.6 Å². The molecule has 0 spiro atoms. The molecule has 2 aromatic heterocycles. The van der Waals surface area contributed by atoms with Gasteiger partial charge in [0.25, 0.3) is 0 Å². The van der Waals surface area contributed by atoms with Crippen LogP contribution in [0.15, 0.2) is 48.8 Å². The lowest BCUT2D eigenvalue weighted by atomic mass is 10.1. The first-order valence-corrected chi connectivity index (χ1v) is 7.32.